The van der Waals surface area contributed by atoms with Gasteiger partial charge in [0.1, 0.15) is 11.6 Å². The van der Waals surface area contributed by atoms with Crippen LogP contribution in [0.2, 0.25) is 0 Å². The fourth-order valence-electron chi connectivity index (χ4n) is 3.50. The minimum absolute atomic E-state index is 0.0345. The minimum Gasteiger partial charge on any atom is -0.481 e. The van der Waals surface area contributed by atoms with Gasteiger partial charge in [0.25, 0.3) is 0 Å². The number of carboxylic acid groups (broad SMARTS) is 1. The predicted molar refractivity (Wildman–Crippen MR) is 120 cm³/mol. The van der Waals surface area contributed by atoms with Crippen molar-refractivity contribution in [1.82, 2.24) is 10.2 Å². The lowest BCUT2D eigenvalue weighted by Gasteiger charge is -2.31. The average molecular weight is 431 g/mol. The summed E-state index contributed by atoms with van der Waals surface area (Å²) >= 11 is 0. The molecule has 1 aromatic carbocycles. The molecule has 170 valence electrons. The fourth-order valence-corrected chi connectivity index (χ4v) is 3.50. The van der Waals surface area contributed by atoms with E-state index < -0.39 is 23.7 Å². The number of likely N-dealkylation sites (tertiary alicyclic amines) is 1. The highest BCUT2D eigenvalue weighted by molar-refractivity contribution is 5.86. The van der Waals surface area contributed by atoms with Gasteiger partial charge in [0.15, 0.2) is 0 Å². The predicted octanol–water partition coefficient (Wildman–Crippen LogP) is 4.01. The van der Waals surface area contributed by atoms with Crippen LogP contribution in [0.3, 0.4) is 0 Å². The molecule has 7 nitrogen and oxygen atoms in total. The number of carboxylic acids is 1. The van der Waals surface area contributed by atoms with Crippen molar-refractivity contribution in [1.29, 1.82) is 0 Å². The molecular formula is C24H34N2O5. The van der Waals surface area contributed by atoms with Gasteiger partial charge in [-0.2, -0.15) is 0 Å². The van der Waals surface area contributed by atoms with E-state index in [1.165, 1.54) is 0 Å². The quantitative estimate of drug-likeness (QED) is 0.650. The standard InChI is InChI=1S/C24H34N2O5/c1-17(8-13-21(27)28)19-11-9-18(10-12-19)16-20(25-23(30)31-24(2,3)4)22(29)26-14-6-5-7-15-26/h9-12,20H,1,5-8,13-16H2,2-4H3,(H,25,30)(H,27,28). The van der Waals surface area contributed by atoms with Crippen molar-refractivity contribution in [2.75, 3.05) is 13.1 Å². The maximum Gasteiger partial charge on any atom is 0.408 e. The number of piperidine rings is 1. The number of amides is 2. The van der Waals surface area contributed by atoms with Crippen molar-refractivity contribution >= 4 is 23.5 Å². The molecule has 2 N–H and O–H groups in total. The molecule has 1 aliphatic heterocycles. The molecule has 1 unspecified atom stereocenters. The highest BCUT2D eigenvalue weighted by atomic mass is 16.6. The summed E-state index contributed by atoms with van der Waals surface area (Å²) in [7, 11) is 0. The Morgan fingerprint density at radius 2 is 1.71 bits per heavy atom. The topological polar surface area (TPSA) is 95.9 Å². The summed E-state index contributed by atoms with van der Waals surface area (Å²) in [5.41, 5.74) is 1.85. The van der Waals surface area contributed by atoms with Crippen molar-refractivity contribution in [2.45, 2.75) is 70.9 Å². The number of ether oxygens (including phenoxy) is 1. The fraction of sp³-hybridized carbons (Fsp3) is 0.542. The van der Waals surface area contributed by atoms with E-state index in [4.69, 9.17) is 9.84 Å². The molecule has 0 aliphatic carbocycles. The van der Waals surface area contributed by atoms with Gasteiger partial charge in [-0.15, -0.1) is 0 Å². The molecule has 1 aliphatic rings. The Balaban J connectivity index is 2.10. The van der Waals surface area contributed by atoms with Crippen LogP contribution >= 0.6 is 0 Å². The molecule has 1 heterocycles. The molecule has 2 rings (SSSR count). The monoisotopic (exact) mass is 430 g/mol. The first kappa shape index (κ1) is 24.4. The summed E-state index contributed by atoms with van der Waals surface area (Å²) in [6.07, 6.45) is 3.20. The molecule has 31 heavy (non-hydrogen) atoms. The van der Waals surface area contributed by atoms with Crippen LogP contribution in [-0.2, 0) is 20.7 Å². The van der Waals surface area contributed by atoms with Gasteiger partial charge in [-0.05, 0) is 63.2 Å². The van der Waals surface area contributed by atoms with E-state index in [2.05, 4.69) is 11.9 Å². The second kappa shape index (κ2) is 11.0. The van der Waals surface area contributed by atoms with Crippen LogP contribution in [0, 0.1) is 0 Å². The summed E-state index contributed by atoms with van der Waals surface area (Å²) in [6, 6.07) is 6.79. The molecule has 0 spiro atoms. The summed E-state index contributed by atoms with van der Waals surface area (Å²) in [5, 5.41) is 11.6. The van der Waals surface area contributed by atoms with E-state index in [9.17, 15) is 14.4 Å². The normalized spacial score (nSPS) is 15.1. The molecule has 0 aromatic heterocycles. The first-order chi connectivity index (χ1) is 14.5. The molecule has 1 saturated heterocycles. The third-order valence-corrected chi connectivity index (χ3v) is 5.10. The van der Waals surface area contributed by atoms with Crippen LogP contribution in [-0.4, -0.2) is 52.7 Å². The van der Waals surface area contributed by atoms with Gasteiger partial charge in [-0.25, -0.2) is 4.79 Å². The molecule has 0 radical (unpaired) electrons. The number of benzene rings is 1. The number of nitrogens with one attached hydrogen (secondary N) is 1. The van der Waals surface area contributed by atoms with Gasteiger partial charge in [0, 0.05) is 25.9 Å². The Labute approximate surface area is 184 Å². The van der Waals surface area contributed by atoms with E-state index in [0.29, 0.717) is 25.9 Å². The molecule has 1 aromatic rings. The van der Waals surface area contributed by atoms with Crippen LogP contribution in [0.25, 0.3) is 5.57 Å². The number of nitrogens with zero attached hydrogens (tertiary/aromatic N) is 1. The second-order valence-corrected chi connectivity index (χ2v) is 8.98. The number of hydrogen-bond donors (Lipinski definition) is 2. The zero-order valence-electron chi connectivity index (χ0n) is 18.8. The Hall–Kier alpha value is -2.83. The Morgan fingerprint density at radius 3 is 2.26 bits per heavy atom. The molecule has 2 amide bonds. The van der Waals surface area contributed by atoms with Gasteiger partial charge >= 0.3 is 12.1 Å². The second-order valence-electron chi connectivity index (χ2n) is 8.98. The number of hydrogen-bond acceptors (Lipinski definition) is 4. The van der Waals surface area contributed by atoms with E-state index in [-0.39, 0.29) is 12.3 Å². The van der Waals surface area contributed by atoms with Crippen molar-refractivity contribution in [3.05, 3.63) is 42.0 Å². The van der Waals surface area contributed by atoms with Crippen molar-refractivity contribution in [3.8, 4) is 0 Å². The van der Waals surface area contributed by atoms with Gasteiger partial charge < -0.3 is 20.1 Å². The molecule has 0 bridgehead atoms. The first-order valence-electron chi connectivity index (χ1n) is 10.8. The van der Waals surface area contributed by atoms with Crippen LogP contribution in [0.4, 0.5) is 4.79 Å². The largest absolute Gasteiger partial charge is 0.481 e. The third kappa shape index (κ3) is 8.44. The van der Waals surface area contributed by atoms with Gasteiger partial charge in [0.2, 0.25) is 5.91 Å². The van der Waals surface area contributed by atoms with Crippen LogP contribution in [0.5, 0.6) is 0 Å². The average Bonchev–Trinajstić information content (AvgIpc) is 2.70. The zero-order valence-corrected chi connectivity index (χ0v) is 18.8. The SMILES string of the molecule is C=C(CCC(=O)O)c1ccc(CC(NC(=O)OC(C)(C)C)C(=O)N2CCCCC2)cc1. The Bertz CT molecular complexity index is 789. The maximum absolute atomic E-state index is 13.1. The highest BCUT2D eigenvalue weighted by Gasteiger charge is 2.29. The van der Waals surface area contributed by atoms with Gasteiger partial charge in [0.05, 0.1) is 0 Å². The first-order valence-corrected chi connectivity index (χ1v) is 10.8. The Kier molecular flexibility index (Phi) is 8.65. The van der Waals surface area contributed by atoms with Crippen LogP contribution < -0.4 is 5.32 Å². The summed E-state index contributed by atoms with van der Waals surface area (Å²) in [5.74, 6) is -0.953. The minimum atomic E-state index is -0.856. The van der Waals surface area contributed by atoms with Crippen molar-refractivity contribution in [3.63, 3.8) is 0 Å². The molecule has 7 heteroatoms. The summed E-state index contributed by atoms with van der Waals surface area (Å²) < 4.78 is 5.36. The van der Waals surface area contributed by atoms with E-state index >= 15 is 0 Å². The number of allylic oxidation sites excluding steroid dienone is 1. The summed E-state index contributed by atoms with van der Waals surface area (Å²) in [4.78, 5) is 38.0. The smallest absolute Gasteiger partial charge is 0.408 e. The Morgan fingerprint density at radius 1 is 1.10 bits per heavy atom. The molecule has 1 atom stereocenters. The molecule has 1 fully saturated rings. The lowest BCUT2D eigenvalue weighted by Crippen LogP contribution is -2.51. The summed E-state index contributed by atoms with van der Waals surface area (Å²) in [6.45, 7) is 10.7. The lowest BCUT2D eigenvalue weighted by molar-refractivity contribution is -0.137. The number of alkyl carbamates (subject to hydrolysis) is 1. The van der Waals surface area contributed by atoms with Crippen LogP contribution in [0.1, 0.15) is 64.0 Å². The highest BCUT2D eigenvalue weighted by Crippen LogP contribution is 2.20. The maximum atomic E-state index is 13.1. The van der Waals surface area contributed by atoms with E-state index in [1.807, 2.05) is 29.2 Å². The lowest BCUT2D eigenvalue weighted by atomic mass is 9.98. The van der Waals surface area contributed by atoms with E-state index in [1.54, 1.807) is 20.8 Å². The molecule has 0 saturated carbocycles. The van der Waals surface area contributed by atoms with Gasteiger partial charge in [-0.3, -0.25) is 9.59 Å². The van der Waals surface area contributed by atoms with Crippen molar-refractivity contribution < 1.29 is 24.2 Å². The zero-order chi connectivity index (χ0) is 23.0. The van der Waals surface area contributed by atoms with Crippen molar-refractivity contribution in [2.24, 2.45) is 0 Å². The number of rotatable bonds is 8. The third-order valence-electron chi connectivity index (χ3n) is 5.10. The van der Waals surface area contributed by atoms with E-state index in [0.717, 1.165) is 36.0 Å². The number of carbonyl (C=O) groups is 3. The van der Waals surface area contributed by atoms with Crippen LogP contribution in [0.15, 0.2) is 30.8 Å². The van der Waals surface area contributed by atoms with Gasteiger partial charge in [-0.1, -0.05) is 30.8 Å². The molecular weight excluding hydrogens is 396 g/mol. The number of carbonyl (C=O) groups excluding carboxylic acids is 2. The number of aliphatic carboxylic acids is 1.